The number of hydrogen-bond donors (Lipinski definition) is 1. The van der Waals surface area contributed by atoms with Crippen molar-refractivity contribution in [2.75, 3.05) is 31.6 Å². The van der Waals surface area contributed by atoms with Gasteiger partial charge in [0.2, 0.25) is 0 Å². The van der Waals surface area contributed by atoms with Crippen LogP contribution in [0.4, 0.5) is 5.82 Å². The molecule has 2 heterocycles. The quantitative estimate of drug-likeness (QED) is 0.902. The van der Waals surface area contributed by atoms with E-state index < -0.39 is 0 Å². The molecule has 1 aromatic heterocycles. The normalized spacial score (nSPS) is 19.9. The van der Waals surface area contributed by atoms with E-state index in [1.54, 1.807) is 11.5 Å². The summed E-state index contributed by atoms with van der Waals surface area (Å²) in [4.78, 5) is 2.30. The largest absolute Gasteiger partial charge is 0.358 e. The second-order valence-corrected chi connectivity index (χ2v) is 5.55. The van der Waals surface area contributed by atoms with Crippen LogP contribution in [0.15, 0.2) is 24.3 Å². The third-order valence-corrected chi connectivity index (χ3v) is 4.23. The molecule has 0 aliphatic carbocycles. The maximum absolute atomic E-state index is 4.58. The molecule has 4 heteroatoms. The van der Waals surface area contributed by atoms with Crippen molar-refractivity contribution in [3.05, 3.63) is 24.3 Å². The Morgan fingerprint density at radius 1 is 1.47 bits per heavy atom. The Labute approximate surface area is 106 Å². The standard InChI is InChI=1S/C13H17N3S/c1-16(9-10-6-7-14-8-10)13-11-4-2-3-5-12(11)17-15-13/h2-5,10,14H,6-9H2,1H3/t10-/m1/s1. The zero-order valence-corrected chi connectivity index (χ0v) is 10.8. The number of aromatic nitrogens is 1. The molecule has 0 saturated carbocycles. The van der Waals surface area contributed by atoms with Gasteiger partial charge in [-0.3, -0.25) is 0 Å². The second-order valence-electron chi connectivity index (χ2n) is 4.74. The molecule has 1 fully saturated rings. The van der Waals surface area contributed by atoms with Crippen LogP contribution in [0, 0.1) is 5.92 Å². The zero-order valence-electron chi connectivity index (χ0n) is 10.0. The first kappa shape index (κ1) is 11.0. The van der Waals surface area contributed by atoms with Crippen LogP contribution >= 0.6 is 11.5 Å². The highest BCUT2D eigenvalue weighted by Gasteiger charge is 2.18. The van der Waals surface area contributed by atoms with Gasteiger partial charge in [-0.25, -0.2) is 0 Å². The van der Waals surface area contributed by atoms with Gasteiger partial charge < -0.3 is 10.2 Å². The summed E-state index contributed by atoms with van der Waals surface area (Å²) in [6, 6.07) is 8.47. The first-order valence-corrected chi connectivity index (χ1v) is 6.88. The minimum Gasteiger partial charge on any atom is -0.358 e. The summed E-state index contributed by atoms with van der Waals surface area (Å²) in [6.45, 7) is 3.41. The van der Waals surface area contributed by atoms with Crippen molar-refractivity contribution in [3.63, 3.8) is 0 Å². The van der Waals surface area contributed by atoms with Gasteiger partial charge in [-0.15, -0.1) is 0 Å². The number of benzene rings is 1. The Kier molecular flexibility index (Phi) is 2.99. The fraction of sp³-hybridized carbons (Fsp3) is 0.462. The summed E-state index contributed by atoms with van der Waals surface area (Å²) < 4.78 is 5.86. The van der Waals surface area contributed by atoms with E-state index in [0.717, 1.165) is 31.4 Å². The van der Waals surface area contributed by atoms with Gasteiger partial charge >= 0.3 is 0 Å². The molecule has 1 aliphatic rings. The molecule has 1 N–H and O–H groups in total. The van der Waals surface area contributed by atoms with Crippen molar-refractivity contribution in [2.45, 2.75) is 6.42 Å². The topological polar surface area (TPSA) is 28.2 Å². The molecule has 3 rings (SSSR count). The summed E-state index contributed by atoms with van der Waals surface area (Å²) >= 11 is 1.59. The van der Waals surface area contributed by atoms with Gasteiger partial charge in [0.1, 0.15) is 5.82 Å². The van der Waals surface area contributed by atoms with E-state index in [4.69, 9.17) is 0 Å². The second kappa shape index (κ2) is 4.63. The van der Waals surface area contributed by atoms with E-state index in [1.807, 2.05) is 0 Å². The predicted molar refractivity (Wildman–Crippen MR) is 73.9 cm³/mol. The third kappa shape index (κ3) is 2.15. The van der Waals surface area contributed by atoms with Crippen LogP contribution in [-0.2, 0) is 0 Å². The lowest BCUT2D eigenvalue weighted by atomic mass is 10.1. The van der Waals surface area contributed by atoms with Gasteiger partial charge in [0.15, 0.2) is 0 Å². The number of nitrogens with one attached hydrogen (secondary N) is 1. The van der Waals surface area contributed by atoms with Crippen molar-refractivity contribution in [2.24, 2.45) is 5.92 Å². The van der Waals surface area contributed by atoms with Crippen LogP contribution in [0.3, 0.4) is 0 Å². The molecule has 17 heavy (non-hydrogen) atoms. The molecule has 1 aliphatic heterocycles. The van der Waals surface area contributed by atoms with Gasteiger partial charge in [0.05, 0.1) is 4.70 Å². The minimum atomic E-state index is 0.764. The Hall–Kier alpha value is -1.13. The van der Waals surface area contributed by atoms with Crippen LogP contribution in [0.2, 0.25) is 0 Å². The predicted octanol–water partition coefficient (Wildman–Crippen LogP) is 2.34. The van der Waals surface area contributed by atoms with Crippen molar-refractivity contribution in [1.82, 2.24) is 9.69 Å². The summed E-state index contributed by atoms with van der Waals surface area (Å²) in [7, 11) is 2.15. The molecule has 1 atom stereocenters. The van der Waals surface area contributed by atoms with Crippen LogP contribution in [0.5, 0.6) is 0 Å². The van der Waals surface area contributed by atoms with Crippen molar-refractivity contribution < 1.29 is 0 Å². The van der Waals surface area contributed by atoms with Gasteiger partial charge in [0, 0.05) is 19.0 Å². The molecule has 0 radical (unpaired) electrons. The molecule has 2 aromatic rings. The number of nitrogens with zero attached hydrogens (tertiary/aromatic N) is 2. The summed E-state index contributed by atoms with van der Waals surface area (Å²) in [6.07, 6.45) is 1.28. The molecule has 0 spiro atoms. The van der Waals surface area contributed by atoms with E-state index in [0.29, 0.717) is 0 Å². The van der Waals surface area contributed by atoms with E-state index in [1.165, 1.54) is 16.5 Å². The molecule has 0 bridgehead atoms. The first-order chi connectivity index (χ1) is 8.34. The zero-order chi connectivity index (χ0) is 11.7. The van der Waals surface area contributed by atoms with E-state index in [-0.39, 0.29) is 0 Å². The monoisotopic (exact) mass is 247 g/mol. The van der Waals surface area contributed by atoms with Crippen molar-refractivity contribution >= 4 is 27.4 Å². The van der Waals surface area contributed by atoms with Gasteiger partial charge in [-0.05, 0) is 49.1 Å². The Balaban J connectivity index is 1.82. The fourth-order valence-corrected chi connectivity index (χ4v) is 3.31. The van der Waals surface area contributed by atoms with Gasteiger partial charge in [-0.2, -0.15) is 4.37 Å². The Bertz CT molecular complexity index is 502. The minimum absolute atomic E-state index is 0.764. The number of fused-ring (bicyclic) bond motifs is 1. The lowest BCUT2D eigenvalue weighted by Crippen LogP contribution is -2.27. The maximum atomic E-state index is 4.58. The molecule has 1 aromatic carbocycles. The number of hydrogen-bond acceptors (Lipinski definition) is 4. The molecule has 3 nitrogen and oxygen atoms in total. The Morgan fingerprint density at radius 3 is 3.18 bits per heavy atom. The Morgan fingerprint density at radius 2 is 2.35 bits per heavy atom. The molecule has 0 amide bonds. The van der Waals surface area contributed by atoms with E-state index >= 15 is 0 Å². The molecule has 1 saturated heterocycles. The van der Waals surface area contributed by atoms with Crippen LogP contribution in [0.25, 0.3) is 10.1 Å². The third-order valence-electron chi connectivity index (χ3n) is 3.41. The smallest absolute Gasteiger partial charge is 0.149 e. The number of anilines is 1. The van der Waals surface area contributed by atoms with Crippen molar-refractivity contribution in [3.8, 4) is 0 Å². The number of rotatable bonds is 3. The van der Waals surface area contributed by atoms with Gasteiger partial charge in [0.25, 0.3) is 0 Å². The molecular formula is C13H17N3S. The summed E-state index contributed by atoms with van der Waals surface area (Å²) in [5, 5.41) is 4.70. The summed E-state index contributed by atoms with van der Waals surface area (Å²) in [5.41, 5.74) is 0. The van der Waals surface area contributed by atoms with Crippen LogP contribution in [0.1, 0.15) is 6.42 Å². The molecule has 0 unspecified atom stereocenters. The molecular weight excluding hydrogens is 230 g/mol. The van der Waals surface area contributed by atoms with Crippen molar-refractivity contribution in [1.29, 1.82) is 0 Å². The lowest BCUT2D eigenvalue weighted by Gasteiger charge is -2.20. The van der Waals surface area contributed by atoms with Crippen LogP contribution in [-0.4, -0.2) is 31.1 Å². The van der Waals surface area contributed by atoms with Crippen LogP contribution < -0.4 is 10.2 Å². The lowest BCUT2D eigenvalue weighted by molar-refractivity contribution is 0.577. The SMILES string of the molecule is CN(C[C@@H]1CCNC1)c1nsc2ccccc12. The maximum Gasteiger partial charge on any atom is 0.149 e. The average molecular weight is 247 g/mol. The average Bonchev–Trinajstić information content (AvgIpc) is 2.96. The fourth-order valence-electron chi connectivity index (χ4n) is 2.49. The first-order valence-electron chi connectivity index (χ1n) is 6.11. The van der Waals surface area contributed by atoms with Gasteiger partial charge in [-0.1, -0.05) is 12.1 Å². The highest BCUT2D eigenvalue weighted by atomic mass is 32.1. The van der Waals surface area contributed by atoms with E-state index in [9.17, 15) is 0 Å². The van der Waals surface area contributed by atoms with E-state index in [2.05, 4.69) is 45.9 Å². The molecule has 90 valence electrons. The summed E-state index contributed by atoms with van der Waals surface area (Å²) in [5.74, 6) is 1.90. The highest BCUT2D eigenvalue weighted by molar-refractivity contribution is 7.13. The highest BCUT2D eigenvalue weighted by Crippen LogP contribution is 2.29.